The maximum absolute atomic E-state index is 5.96. The number of rotatable bonds is 5. The van der Waals surface area contributed by atoms with Gasteiger partial charge in [0, 0.05) is 30.6 Å². The van der Waals surface area contributed by atoms with E-state index in [1.54, 1.807) is 0 Å². The Morgan fingerprint density at radius 2 is 1.85 bits per heavy atom. The fourth-order valence-corrected chi connectivity index (χ4v) is 2.26. The smallest absolute Gasteiger partial charge is 0.138 e. The topological polar surface area (TPSA) is 58.3 Å². The molecule has 0 aliphatic carbocycles. The zero-order valence-electron chi connectivity index (χ0n) is 13.9. The molecule has 0 amide bonds. The number of nitrogen functional groups attached to an aromatic ring is 1. The lowest BCUT2D eigenvalue weighted by Crippen LogP contribution is -2.41. The molecular weight excluding hydrogens is 250 g/mol. The Morgan fingerprint density at radius 3 is 2.30 bits per heavy atom. The number of nitrogens with two attached hydrogens (primary N) is 1. The quantitative estimate of drug-likeness (QED) is 0.895. The Kier molecular flexibility index (Phi) is 5.34. The second-order valence-corrected chi connectivity index (χ2v) is 6.62. The number of nitrogens with zero attached hydrogens (tertiary/aromatic N) is 4. The summed E-state index contributed by atoms with van der Waals surface area (Å²) in [4.78, 5) is 13.5. The SMILES string of the molecule is CCN(c1cc(N)nc(C(C)(C)C)n1)C(C)CN(C)C. The maximum Gasteiger partial charge on any atom is 0.138 e. The van der Waals surface area contributed by atoms with Crippen molar-refractivity contribution in [2.24, 2.45) is 0 Å². The van der Waals surface area contributed by atoms with Crippen LogP contribution in [0.2, 0.25) is 0 Å². The summed E-state index contributed by atoms with van der Waals surface area (Å²) in [6.07, 6.45) is 0. The van der Waals surface area contributed by atoms with E-state index in [4.69, 9.17) is 10.7 Å². The van der Waals surface area contributed by atoms with Gasteiger partial charge in [-0.05, 0) is 27.9 Å². The zero-order chi connectivity index (χ0) is 15.5. The van der Waals surface area contributed by atoms with Gasteiger partial charge in [0.05, 0.1) is 0 Å². The number of likely N-dealkylation sites (N-methyl/N-ethyl adjacent to an activating group) is 2. The molecule has 0 aromatic carbocycles. The van der Waals surface area contributed by atoms with Gasteiger partial charge in [0.15, 0.2) is 0 Å². The molecule has 20 heavy (non-hydrogen) atoms. The first-order valence-corrected chi connectivity index (χ1v) is 7.21. The van der Waals surface area contributed by atoms with Crippen molar-refractivity contribution in [3.63, 3.8) is 0 Å². The molecule has 5 heteroatoms. The fourth-order valence-electron chi connectivity index (χ4n) is 2.26. The second-order valence-electron chi connectivity index (χ2n) is 6.62. The molecule has 1 unspecified atom stereocenters. The summed E-state index contributed by atoms with van der Waals surface area (Å²) in [5.74, 6) is 2.25. The monoisotopic (exact) mass is 279 g/mol. The molecule has 0 aliphatic heterocycles. The van der Waals surface area contributed by atoms with Crippen LogP contribution in [0.15, 0.2) is 6.07 Å². The van der Waals surface area contributed by atoms with Gasteiger partial charge >= 0.3 is 0 Å². The molecule has 114 valence electrons. The second kappa shape index (κ2) is 6.39. The Morgan fingerprint density at radius 1 is 1.25 bits per heavy atom. The summed E-state index contributed by atoms with van der Waals surface area (Å²) in [7, 11) is 4.17. The van der Waals surface area contributed by atoms with Crippen LogP contribution in [0.4, 0.5) is 11.6 Å². The third-order valence-electron chi connectivity index (χ3n) is 3.20. The number of hydrogen-bond donors (Lipinski definition) is 1. The minimum Gasteiger partial charge on any atom is -0.384 e. The van der Waals surface area contributed by atoms with E-state index in [-0.39, 0.29) is 5.41 Å². The van der Waals surface area contributed by atoms with Gasteiger partial charge in [-0.1, -0.05) is 20.8 Å². The summed E-state index contributed by atoms with van der Waals surface area (Å²) < 4.78 is 0. The van der Waals surface area contributed by atoms with Gasteiger partial charge in [-0.15, -0.1) is 0 Å². The van der Waals surface area contributed by atoms with Gasteiger partial charge in [0.25, 0.3) is 0 Å². The highest BCUT2D eigenvalue weighted by Gasteiger charge is 2.22. The molecule has 0 fully saturated rings. The van der Waals surface area contributed by atoms with Crippen molar-refractivity contribution in [3.8, 4) is 0 Å². The number of aromatic nitrogens is 2. The van der Waals surface area contributed by atoms with Gasteiger partial charge in [-0.3, -0.25) is 0 Å². The Bertz CT molecular complexity index is 436. The molecule has 0 bridgehead atoms. The number of anilines is 2. The number of hydrogen-bond acceptors (Lipinski definition) is 5. The summed E-state index contributed by atoms with van der Waals surface area (Å²) in [5.41, 5.74) is 5.86. The highest BCUT2D eigenvalue weighted by molar-refractivity contribution is 5.48. The van der Waals surface area contributed by atoms with Crippen LogP contribution in [0.5, 0.6) is 0 Å². The molecular formula is C15H29N5. The van der Waals surface area contributed by atoms with E-state index in [1.807, 2.05) is 6.07 Å². The summed E-state index contributed by atoms with van der Waals surface area (Å²) in [5, 5.41) is 0. The van der Waals surface area contributed by atoms with Crippen LogP contribution in [-0.4, -0.2) is 48.1 Å². The highest BCUT2D eigenvalue weighted by Crippen LogP contribution is 2.24. The molecule has 0 radical (unpaired) electrons. The van der Waals surface area contributed by atoms with Crippen LogP contribution >= 0.6 is 0 Å². The van der Waals surface area contributed by atoms with Crippen molar-refractivity contribution < 1.29 is 0 Å². The van der Waals surface area contributed by atoms with Crippen LogP contribution in [0.25, 0.3) is 0 Å². The predicted molar refractivity (Wildman–Crippen MR) is 86.2 cm³/mol. The van der Waals surface area contributed by atoms with Crippen molar-refractivity contribution in [2.75, 3.05) is 37.8 Å². The molecule has 0 saturated carbocycles. The van der Waals surface area contributed by atoms with Crippen molar-refractivity contribution in [3.05, 3.63) is 11.9 Å². The summed E-state index contributed by atoms with van der Waals surface area (Å²) in [6, 6.07) is 2.24. The Hall–Kier alpha value is -1.36. The molecule has 1 atom stereocenters. The lowest BCUT2D eigenvalue weighted by molar-refractivity contribution is 0.372. The average Bonchev–Trinajstić information content (AvgIpc) is 2.26. The normalized spacial score (nSPS) is 13.6. The zero-order valence-corrected chi connectivity index (χ0v) is 13.9. The molecule has 1 rings (SSSR count). The van der Waals surface area contributed by atoms with Crippen LogP contribution in [0.3, 0.4) is 0 Å². The molecule has 0 spiro atoms. The predicted octanol–water partition coefficient (Wildman–Crippen LogP) is 2.13. The first kappa shape index (κ1) is 16.7. The van der Waals surface area contributed by atoms with Gasteiger partial charge in [0.1, 0.15) is 17.5 Å². The van der Waals surface area contributed by atoms with Gasteiger partial charge in [-0.25, -0.2) is 9.97 Å². The Labute approximate surface area is 123 Å². The first-order chi connectivity index (χ1) is 9.15. The maximum atomic E-state index is 5.96. The molecule has 0 saturated heterocycles. The average molecular weight is 279 g/mol. The van der Waals surface area contributed by atoms with Gasteiger partial charge < -0.3 is 15.5 Å². The van der Waals surface area contributed by atoms with E-state index >= 15 is 0 Å². The molecule has 1 aromatic heterocycles. The third kappa shape index (κ3) is 4.34. The Balaban J connectivity index is 3.12. The van der Waals surface area contributed by atoms with E-state index in [0.717, 1.165) is 24.7 Å². The summed E-state index contributed by atoms with van der Waals surface area (Å²) >= 11 is 0. The van der Waals surface area contributed by atoms with Gasteiger partial charge in [0.2, 0.25) is 0 Å². The summed E-state index contributed by atoms with van der Waals surface area (Å²) in [6.45, 7) is 12.5. The van der Waals surface area contributed by atoms with Gasteiger partial charge in [-0.2, -0.15) is 0 Å². The fraction of sp³-hybridized carbons (Fsp3) is 0.733. The largest absolute Gasteiger partial charge is 0.384 e. The highest BCUT2D eigenvalue weighted by atomic mass is 15.2. The van der Waals surface area contributed by atoms with E-state index in [1.165, 1.54) is 0 Å². The molecule has 2 N–H and O–H groups in total. The molecule has 1 heterocycles. The molecule has 0 aliphatic rings. The van der Waals surface area contributed by atoms with Crippen molar-refractivity contribution in [1.29, 1.82) is 0 Å². The van der Waals surface area contributed by atoms with E-state index in [9.17, 15) is 0 Å². The third-order valence-corrected chi connectivity index (χ3v) is 3.20. The van der Waals surface area contributed by atoms with Crippen LogP contribution < -0.4 is 10.6 Å². The van der Waals surface area contributed by atoms with Crippen molar-refractivity contribution >= 4 is 11.6 Å². The minimum absolute atomic E-state index is 0.103. The molecule has 5 nitrogen and oxygen atoms in total. The van der Waals surface area contributed by atoms with Crippen molar-refractivity contribution in [2.45, 2.75) is 46.1 Å². The lowest BCUT2D eigenvalue weighted by atomic mass is 9.96. The van der Waals surface area contributed by atoms with E-state index in [2.05, 4.69) is 63.5 Å². The minimum atomic E-state index is -0.103. The van der Waals surface area contributed by atoms with Crippen LogP contribution in [0, 0.1) is 0 Å². The lowest BCUT2D eigenvalue weighted by Gasteiger charge is -2.32. The van der Waals surface area contributed by atoms with E-state index in [0.29, 0.717) is 11.9 Å². The van der Waals surface area contributed by atoms with Crippen LogP contribution in [0.1, 0.15) is 40.4 Å². The van der Waals surface area contributed by atoms with Crippen molar-refractivity contribution in [1.82, 2.24) is 14.9 Å². The van der Waals surface area contributed by atoms with E-state index < -0.39 is 0 Å². The first-order valence-electron chi connectivity index (χ1n) is 7.21. The molecule has 1 aromatic rings. The standard InChI is InChI=1S/C15H29N5/c1-8-20(11(2)10-19(6)7)13-9-12(16)17-14(18-13)15(3,4)5/h9,11H,8,10H2,1-7H3,(H2,16,17,18). The van der Waals surface area contributed by atoms with Crippen LogP contribution in [-0.2, 0) is 5.41 Å².